The van der Waals surface area contributed by atoms with Gasteiger partial charge in [-0.3, -0.25) is 9.59 Å². The zero-order chi connectivity index (χ0) is 13.6. The highest BCUT2D eigenvalue weighted by molar-refractivity contribution is 5.81. The molecule has 1 rings (SSSR count). The SMILES string of the molecule is CC(C)(C)C(=O)NCCCN1CCCCCC1=O. The molecular formula is C14H26N2O2. The van der Waals surface area contributed by atoms with E-state index in [-0.39, 0.29) is 17.2 Å². The maximum atomic E-state index is 11.7. The number of nitrogens with zero attached hydrogens (tertiary/aromatic N) is 1. The largest absolute Gasteiger partial charge is 0.356 e. The predicted molar refractivity (Wildman–Crippen MR) is 72.1 cm³/mol. The third-order valence-corrected chi connectivity index (χ3v) is 3.24. The van der Waals surface area contributed by atoms with Crippen molar-refractivity contribution in [3.05, 3.63) is 0 Å². The molecular weight excluding hydrogens is 228 g/mol. The molecule has 1 heterocycles. The van der Waals surface area contributed by atoms with Crippen LogP contribution in [0.5, 0.6) is 0 Å². The van der Waals surface area contributed by atoms with Crippen LogP contribution in [-0.2, 0) is 9.59 Å². The molecule has 104 valence electrons. The summed E-state index contributed by atoms with van der Waals surface area (Å²) in [5.74, 6) is 0.347. The zero-order valence-corrected chi connectivity index (χ0v) is 11.9. The summed E-state index contributed by atoms with van der Waals surface area (Å²) in [7, 11) is 0. The zero-order valence-electron chi connectivity index (χ0n) is 11.9. The van der Waals surface area contributed by atoms with E-state index in [0.29, 0.717) is 13.0 Å². The Morgan fingerprint density at radius 2 is 2.00 bits per heavy atom. The molecule has 0 atom stereocenters. The molecule has 0 radical (unpaired) electrons. The van der Waals surface area contributed by atoms with Crippen LogP contribution < -0.4 is 5.32 Å². The molecule has 18 heavy (non-hydrogen) atoms. The van der Waals surface area contributed by atoms with E-state index in [2.05, 4.69) is 5.32 Å². The molecule has 4 heteroatoms. The lowest BCUT2D eigenvalue weighted by Crippen LogP contribution is -2.37. The minimum Gasteiger partial charge on any atom is -0.356 e. The average Bonchev–Trinajstić information content (AvgIpc) is 2.48. The second kappa shape index (κ2) is 6.76. The normalized spacial score (nSPS) is 17.5. The second-order valence-corrected chi connectivity index (χ2v) is 6.05. The van der Waals surface area contributed by atoms with Gasteiger partial charge in [0, 0.05) is 31.5 Å². The molecule has 0 aromatic carbocycles. The Labute approximate surface area is 110 Å². The number of amides is 2. The van der Waals surface area contributed by atoms with Gasteiger partial charge in [-0.05, 0) is 19.3 Å². The van der Waals surface area contributed by atoms with E-state index in [1.54, 1.807) is 0 Å². The van der Waals surface area contributed by atoms with Crippen molar-refractivity contribution in [2.75, 3.05) is 19.6 Å². The molecule has 0 spiro atoms. The number of carbonyl (C=O) groups is 2. The van der Waals surface area contributed by atoms with Crippen molar-refractivity contribution in [1.82, 2.24) is 10.2 Å². The monoisotopic (exact) mass is 254 g/mol. The van der Waals surface area contributed by atoms with E-state index in [1.807, 2.05) is 25.7 Å². The minimum atomic E-state index is -0.335. The first-order chi connectivity index (χ1) is 8.41. The Morgan fingerprint density at radius 3 is 2.67 bits per heavy atom. The first-order valence-electron chi connectivity index (χ1n) is 6.97. The second-order valence-electron chi connectivity index (χ2n) is 6.05. The Kier molecular flexibility index (Phi) is 5.63. The van der Waals surface area contributed by atoms with Crippen molar-refractivity contribution in [1.29, 1.82) is 0 Å². The first kappa shape index (κ1) is 15.0. The predicted octanol–water partition coefficient (Wildman–Crippen LogP) is 1.94. The third kappa shape index (κ3) is 5.07. The minimum absolute atomic E-state index is 0.0738. The summed E-state index contributed by atoms with van der Waals surface area (Å²) in [4.78, 5) is 25.3. The molecule has 0 aromatic heterocycles. The fourth-order valence-corrected chi connectivity index (χ4v) is 2.01. The number of likely N-dealkylation sites (tertiary alicyclic amines) is 1. The van der Waals surface area contributed by atoms with Gasteiger partial charge >= 0.3 is 0 Å². The van der Waals surface area contributed by atoms with Gasteiger partial charge in [-0.15, -0.1) is 0 Å². The Bertz CT molecular complexity index is 295. The van der Waals surface area contributed by atoms with Gasteiger partial charge in [0.2, 0.25) is 11.8 Å². The lowest BCUT2D eigenvalue weighted by molar-refractivity contribution is -0.130. The van der Waals surface area contributed by atoms with Crippen LogP contribution >= 0.6 is 0 Å². The van der Waals surface area contributed by atoms with Crippen molar-refractivity contribution < 1.29 is 9.59 Å². The van der Waals surface area contributed by atoms with E-state index in [1.165, 1.54) is 0 Å². The molecule has 1 saturated heterocycles. The Balaban J connectivity index is 2.21. The van der Waals surface area contributed by atoms with Crippen molar-refractivity contribution in [3.8, 4) is 0 Å². The summed E-state index contributed by atoms with van der Waals surface area (Å²) in [6.45, 7) is 8.01. The standard InChI is InChI=1S/C14H26N2O2/c1-14(2,3)13(18)15-9-7-11-16-10-6-4-5-8-12(16)17/h4-11H2,1-3H3,(H,15,18). The van der Waals surface area contributed by atoms with E-state index in [9.17, 15) is 9.59 Å². The summed E-state index contributed by atoms with van der Waals surface area (Å²) in [5, 5.41) is 2.92. The van der Waals surface area contributed by atoms with Crippen molar-refractivity contribution in [3.63, 3.8) is 0 Å². The highest BCUT2D eigenvalue weighted by Crippen LogP contribution is 2.13. The lowest BCUT2D eigenvalue weighted by Gasteiger charge is -2.21. The first-order valence-corrected chi connectivity index (χ1v) is 6.97. The molecule has 0 aliphatic carbocycles. The number of hydrogen-bond donors (Lipinski definition) is 1. The Hall–Kier alpha value is -1.06. The van der Waals surface area contributed by atoms with Gasteiger partial charge in [0.25, 0.3) is 0 Å². The van der Waals surface area contributed by atoms with Gasteiger partial charge in [-0.2, -0.15) is 0 Å². The van der Waals surface area contributed by atoms with Crippen LogP contribution in [0.3, 0.4) is 0 Å². The summed E-state index contributed by atoms with van der Waals surface area (Å²) in [6, 6.07) is 0. The van der Waals surface area contributed by atoms with E-state index < -0.39 is 0 Å². The van der Waals surface area contributed by atoms with E-state index >= 15 is 0 Å². The molecule has 1 aliphatic heterocycles. The van der Waals surface area contributed by atoms with Gasteiger partial charge in [0.15, 0.2) is 0 Å². The summed E-state index contributed by atoms with van der Waals surface area (Å²) >= 11 is 0. The number of nitrogens with one attached hydrogen (secondary N) is 1. The van der Waals surface area contributed by atoms with E-state index in [0.717, 1.165) is 38.8 Å². The van der Waals surface area contributed by atoms with Crippen molar-refractivity contribution in [2.24, 2.45) is 5.41 Å². The third-order valence-electron chi connectivity index (χ3n) is 3.24. The van der Waals surface area contributed by atoms with E-state index in [4.69, 9.17) is 0 Å². The molecule has 0 bridgehead atoms. The molecule has 0 aromatic rings. The molecule has 1 fully saturated rings. The summed E-state index contributed by atoms with van der Waals surface area (Å²) in [5.41, 5.74) is -0.335. The highest BCUT2D eigenvalue weighted by atomic mass is 16.2. The highest BCUT2D eigenvalue weighted by Gasteiger charge is 2.20. The van der Waals surface area contributed by atoms with Gasteiger partial charge < -0.3 is 10.2 Å². The molecule has 1 aliphatic rings. The van der Waals surface area contributed by atoms with Crippen LogP contribution in [-0.4, -0.2) is 36.3 Å². The molecule has 0 unspecified atom stereocenters. The lowest BCUT2D eigenvalue weighted by atomic mass is 9.96. The average molecular weight is 254 g/mol. The topological polar surface area (TPSA) is 49.4 Å². The molecule has 0 saturated carbocycles. The summed E-state index contributed by atoms with van der Waals surface area (Å²) in [6.07, 6.45) is 4.82. The molecule has 4 nitrogen and oxygen atoms in total. The quantitative estimate of drug-likeness (QED) is 0.779. The van der Waals surface area contributed by atoms with Gasteiger partial charge in [0.05, 0.1) is 0 Å². The Morgan fingerprint density at radius 1 is 1.28 bits per heavy atom. The smallest absolute Gasteiger partial charge is 0.225 e. The van der Waals surface area contributed by atoms with Gasteiger partial charge in [0.1, 0.15) is 0 Å². The fourth-order valence-electron chi connectivity index (χ4n) is 2.01. The van der Waals surface area contributed by atoms with Crippen LogP contribution in [0, 0.1) is 5.41 Å². The van der Waals surface area contributed by atoms with Crippen molar-refractivity contribution in [2.45, 2.75) is 52.9 Å². The maximum absolute atomic E-state index is 11.7. The molecule has 1 N–H and O–H groups in total. The van der Waals surface area contributed by atoms with Gasteiger partial charge in [-0.25, -0.2) is 0 Å². The van der Waals surface area contributed by atoms with Crippen LogP contribution in [0.1, 0.15) is 52.9 Å². The number of rotatable bonds is 4. The van der Waals surface area contributed by atoms with Crippen LogP contribution in [0.2, 0.25) is 0 Å². The van der Waals surface area contributed by atoms with Crippen LogP contribution in [0.4, 0.5) is 0 Å². The molecule has 2 amide bonds. The van der Waals surface area contributed by atoms with Crippen LogP contribution in [0.25, 0.3) is 0 Å². The van der Waals surface area contributed by atoms with Crippen molar-refractivity contribution >= 4 is 11.8 Å². The number of carbonyl (C=O) groups excluding carboxylic acids is 2. The maximum Gasteiger partial charge on any atom is 0.225 e. The number of hydrogen-bond acceptors (Lipinski definition) is 2. The fraction of sp³-hybridized carbons (Fsp3) is 0.857. The van der Waals surface area contributed by atoms with Gasteiger partial charge in [-0.1, -0.05) is 27.2 Å². The summed E-state index contributed by atoms with van der Waals surface area (Å²) < 4.78 is 0. The van der Waals surface area contributed by atoms with Crippen LogP contribution in [0.15, 0.2) is 0 Å².